The van der Waals surface area contributed by atoms with Gasteiger partial charge in [-0.1, -0.05) is 6.42 Å². The lowest BCUT2D eigenvalue weighted by Crippen LogP contribution is -2.35. The lowest BCUT2D eigenvalue weighted by atomic mass is 10.1. The van der Waals surface area contributed by atoms with Gasteiger partial charge in [0.05, 0.1) is 0 Å². The van der Waals surface area contributed by atoms with Crippen LogP contribution in [0.3, 0.4) is 0 Å². The maximum absolute atomic E-state index is 11.9. The zero-order chi connectivity index (χ0) is 11.4. The Labute approximate surface area is 102 Å². The lowest BCUT2D eigenvalue weighted by Gasteiger charge is -2.22. The van der Waals surface area contributed by atoms with E-state index < -0.39 is 0 Å². The van der Waals surface area contributed by atoms with Gasteiger partial charge in [-0.3, -0.25) is 4.79 Å². The van der Waals surface area contributed by atoms with E-state index in [1.807, 2.05) is 11.8 Å². The summed E-state index contributed by atoms with van der Waals surface area (Å²) in [4.78, 5) is 11.9. The molecule has 2 aliphatic rings. The van der Waals surface area contributed by atoms with Crippen molar-refractivity contribution < 1.29 is 4.79 Å². The van der Waals surface area contributed by atoms with Crippen molar-refractivity contribution in [1.29, 1.82) is 0 Å². The van der Waals surface area contributed by atoms with Crippen molar-refractivity contribution in [1.82, 2.24) is 5.32 Å². The third-order valence-electron chi connectivity index (χ3n) is 3.62. The van der Waals surface area contributed by atoms with Crippen molar-refractivity contribution >= 4 is 17.7 Å². The van der Waals surface area contributed by atoms with Gasteiger partial charge in [-0.2, -0.15) is 11.8 Å². The van der Waals surface area contributed by atoms with E-state index in [0.717, 1.165) is 25.8 Å². The molecule has 0 bridgehead atoms. The minimum Gasteiger partial charge on any atom is -0.355 e. The van der Waals surface area contributed by atoms with Gasteiger partial charge in [0.2, 0.25) is 5.91 Å². The smallest absolute Gasteiger partial charge is 0.223 e. The largest absolute Gasteiger partial charge is 0.355 e. The average Bonchev–Trinajstić information content (AvgIpc) is 2.74. The van der Waals surface area contributed by atoms with E-state index in [9.17, 15) is 4.79 Å². The van der Waals surface area contributed by atoms with Gasteiger partial charge in [-0.25, -0.2) is 0 Å². The predicted molar refractivity (Wildman–Crippen MR) is 68.4 cm³/mol. The number of hydrogen-bond acceptors (Lipinski definition) is 3. The Kier molecular flexibility index (Phi) is 4.53. The SMILES string of the molecule is NC1CCC(C(=O)NCC2CCCCS2)C1. The van der Waals surface area contributed by atoms with Gasteiger partial charge in [-0.15, -0.1) is 0 Å². The molecule has 0 radical (unpaired) electrons. The van der Waals surface area contributed by atoms with Gasteiger partial charge < -0.3 is 11.1 Å². The molecule has 0 spiro atoms. The Morgan fingerprint density at radius 1 is 1.31 bits per heavy atom. The van der Waals surface area contributed by atoms with Crippen molar-refractivity contribution in [2.45, 2.75) is 49.8 Å². The molecule has 4 heteroatoms. The summed E-state index contributed by atoms with van der Waals surface area (Å²) in [7, 11) is 0. The molecule has 0 aromatic rings. The van der Waals surface area contributed by atoms with Crippen LogP contribution in [0.2, 0.25) is 0 Å². The Balaban J connectivity index is 1.67. The van der Waals surface area contributed by atoms with E-state index in [1.54, 1.807) is 0 Å². The van der Waals surface area contributed by atoms with Crippen LogP contribution >= 0.6 is 11.8 Å². The number of hydrogen-bond donors (Lipinski definition) is 2. The molecule has 1 aliphatic carbocycles. The first-order valence-electron chi connectivity index (χ1n) is 6.40. The Morgan fingerprint density at radius 3 is 2.81 bits per heavy atom. The summed E-state index contributed by atoms with van der Waals surface area (Å²) in [6, 6.07) is 0.250. The van der Waals surface area contributed by atoms with Gasteiger partial charge in [0, 0.05) is 23.8 Å². The van der Waals surface area contributed by atoms with Crippen LogP contribution in [0, 0.1) is 5.92 Å². The van der Waals surface area contributed by atoms with Crippen LogP contribution in [0.4, 0.5) is 0 Å². The number of carbonyl (C=O) groups excluding carboxylic acids is 1. The fourth-order valence-corrected chi connectivity index (χ4v) is 3.82. The monoisotopic (exact) mass is 242 g/mol. The molecule has 1 aliphatic heterocycles. The van der Waals surface area contributed by atoms with Crippen LogP contribution in [-0.4, -0.2) is 29.5 Å². The molecule has 2 fully saturated rings. The minimum atomic E-state index is 0.184. The second kappa shape index (κ2) is 5.92. The van der Waals surface area contributed by atoms with Crippen molar-refractivity contribution in [3.8, 4) is 0 Å². The Hall–Kier alpha value is -0.220. The highest BCUT2D eigenvalue weighted by Gasteiger charge is 2.28. The van der Waals surface area contributed by atoms with Crippen molar-refractivity contribution in [2.75, 3.05) is 12.3 Å². The fourth-order valence-electron chi connectivity index (χ4n) is 2.58. The van der Waals surface area contributed by atoms with Gasteiger partial charge in [0.1, 0.15) is 0 Å². The Bertz CT molecular complexity index is 241. The first-order chi connectivity index (χ1) is 7.75. The molecule has 1 amide bonds. The van der Waals surface area contributed by atoms with Crippen LogP contribution in [0.5, 0.6) is 0 Å². The van der Waals surface area contributed by atoms with E-state index in [0.29, 0.717) is 5.25 Å². The average molecular weight is 242 g/mol. The topological polar surface area (TPSA) is 55.1 Å². The van der Waals surface area contributed by atoms with Crippen LogP contribution in [0.1, 0.15) is 38.5 Å². The number of carbonyl (C=O) groups is 1. The van der Waals surface area contributed by atoms with Crippen molar-refractivity contribution in [2.24, 2.45) is 11.7 Å². The Morgan fingerprint density at radius 2 is 2.19 bits per heavy atom. The lowest BCUT2D eigenvalue weighted by molar-refractivity contribution is -0.124. The zero-order valence-electron chi connectivity index (χ0n) is 9.78. The highest BCUT2D eigenvalue weighted by atomic mass is 32.2. The molecule has 3 nitrogen and oxygen atoms in total. The van der Waals surface area contributed by atoms with E-state index in [-0.39, 0.29) is 17.9 Å². The van der Waals surface area contributed by atoms with E-state index >= 15 is 0 Å². The molecule has 0 aromatic heterocycles. The molecule has 0 aromatic carbocycles. The molecule has 1 saturated heterocycles. The van der Waals surface area contributed by atoms with Gasteiger partial charge >= 0.3 is 0 Å². The standard InChI is InChI=1S/C12H22N2OS/c13-10-5-4-9(7-10)12(15)14-8-11-3-1-2-6-16-11/h9-11H,1-8,13H2,(H,14,15). The second-order valence-corrected chi connectivity index (χ2v) is 6.41. The normalized spacial score (nSPS) is 34.9. The third-order valence-corrected chi connectivity index (χ3v) is 5.02. The summed E-state index contributed by atoms with van der Waals surface area (Å²) in [5, 5.41) is 3.75. The van der Waals surface area contributed by atoms with Crippen molar-refractivity contribution in [3.05, 3.63) is 0 Å². The summed E-state index contributed by atoms with van der Waals surface area (Å²) in [6.45, 7) is 0.856. The summed E-state index contributed by atoms with van der Waals surface area (Å²) < 4.78 is 0. The maximum Gasteiger partial charge on any atom is 0.223 e. The van der Waals surface area contributed by atoms with Crippen LogP contribution in [0.25, 0.3) is 0 Å². The molecule has 3 unspecified atom stereocenters. The molecule has 2 rings (SSSR count). The number of thioether (sulfide) groups is 1. The molecule has 3 atom stereocenters. The summed E-state index contributed by atoms with van der Waals surface area (Å²) in [5.74, 6) is 1.68. The van der Waals surface area contributed by atoms with Gasteiger partial charge in [-0.05, 0) is 37.9 Å². The second-order valence-electron chi connectivity index (χ2n) is 5.00. The fraction of sp³-hybridized carbons (Fsp3) is 0.917. The highest BCUT2D eigenvalue weighted by molar-refractivity contribution is 7.99. The summed E-state index contributed by atoms with van der Waals surface area (Å²) in [6.07, 6.45) is 6.79. The first-order valence-corrected chi connectivity index (χ1v) is 7.45. The van der Waals surface area contributed by atoms with E-state index in [2.05, 4.69) is 5.32 Å². The van der Waals surface area contributed by atoms with Gasteiger partial charge in [0.15, 0.2) is 0 Å². The molecule has 1 saturated carbocycles. The van der Waals surface area contributed by atoms with Crippen LogP contribution in [-0.2, 0) is 4.79 Å². The zero-order valence-corrected chi connectivity index (χ0v) is 10.6. The van der Waals surface area contributed by atoms with Gasteiger partial charge in [0.25, 0.3) is 0 Å². The molecular weight excluding hydrogens is 220 g/mol. The van der Waals surface area contributed by atoms with Crippen LogP contribution in [0.15, 0.2) is 0 Å². The maximum atomic E-state index is 11.9. The number of rotatable bonds is 3. The van der Waals surface area contributed by atoms with Crippen molar-refractivity contribution in [3.63, 3.8) is 0 Å². The quantitative estimate of drug-likeness (QED) is 0.789. The first kappa shape index (κ1) is 12.2. The molecule has 92 valence electrons. The minimum absolute atomic E-state index is 0.184. The molecule has 16 heavy (non-hydrogen) atoms. The molecule has 1 heterocycles. The third kappa shape index (κ3) is 3.39. The predicted octanol–water partition coefficient (Wildman–Crippen LogP) is 1.52. The van der Waals surface area contributed by atoms with Crippen LogP contribution < -0.4 is 11.1 Å². The van der Waals surface area contributed by atoms with E-state index in [1.165, 1.54) is 25.0 Å². The summed E-state index contributed by atoms with van der Waals surface area (Å²) >= 11 is 2.01. The summed E-state index contributed by atoms with van der Waals surface area (Å²) in [5.41, 5.74) is 5.82. The number of nitrogens with two attached hydrogens (primary N) is 1. The molecular formula is C12H22N2OS. The molecule has 3 N–H and O–H groups in total. The number of nitrogens with one attached hydrogen (secondary N) is 1. The highest BCUT2D eigenvalue weighted by Crippen LogP contribution is 2.26. The number of amides is 1. The van der Waals surface area contributed by atoms with E-state index in [4.69, 9.17) is 5.73 Å².